The molecule has 0 unspecified atom stereocenters. The largest absolute Gasteiger partial charge is 0.495 e. The Kier molecular flexibility index (Phi) is 8.64. The molecule has 0 aromatic heterocycles. The molecule has 4 aromatic rings. The lowest BCUT2D eigenvalue weighted by Crippen LogP contribution is -1.96. The number of halogens is 2. The molecular weight excluding hydrogens is 499 g/mol. The van der Waals surface area contributed by atoms with Crippen LogP contribution in [0, 0.1) is 0 Å². The number of nitrogen functional groups attached to an aromatic ring is 4. The zero-order chi connectivity index (χ0) is 26.4. The van der Waals surface area contributed by atoms with Gasteiger partial charge in [-0.25, -0.2) is 0 Å². The third kappa shape index (κ3) is 6.00. The SMILES string of the molecule is COc1cc(-c2cc(OC)c(N)cc2Cl)c(Cl)cc1N.COc1cc(-c2ccc(N)cc2)ccc1N. The molecule has 0 amide bonds. The van der Waals surface area contributed by atoms with Crippen LogP contribution in [0.15, 0.2) is 66.7 Å². The number of hydrogen-bond donors (Lipinski definition) is 4. The molecule has 4 rings (SSSR count). The van der Waals surface area contributed by atoms with E-state index in [1.165, 1.54) is 14.2 Å². The Balaban J connectivity index is 0.000000205. The lowest BCUT2D eigenvalue weighted by Gasteiger charge is -2.13. The highest BCUT2D eigenvalue weighted by molar-refractivity contribution is 6.37. The lowest BCUT2D eigenvalue weighted by molar-refractivity contribution is 0.416. The van der Waals surface area contributed by atoms with Gasteiger partial charge in [-0.2, -0.15) is 0 Å². The minimum Gasteiger partial charge on any atom is -0.495 e. The van der Waals surface area contributed by atoms with Crippen LogP contribution in [0.25, 0.3) is 22.3 Å². The number of nitrogens with two attached hydrogens (primary N) is 4. The van der Waals surface area contributed by atoms with Crippen molar-refractivity contribution in [2.75, 3.05) is 44.3 Å². The molecule has 0 bridgehead atoms. The molecule has 8 N–H and O–H groups in total. The number of hydrogen-bond acceptors (Lipinski definition) is 7. The zero-order valence-corrected chi connectivity index (χ0v) is 21.7. The van der Waals surface area contributed by atoms with Crippen molar-refractivity contribution >= 4 is 46.0 Å². The second kappa shape index (κ2) is 11.7. The molecule has 36 heavy (non-hydrogen) atoms. The van der Waals surface area contributed by atoms with E-state index in [1.807, 2.05) is 42.5 Å². The van der Waals surface area contributed by atoms with Crippen molar-refractivity contribution in [3.8, 4) is 39.5 Å². The van der Waals surface area contributed by atoms with Crippen molar-refractivity contribution in [1.29, 1.82) is 0 Å². The average molecular weight is 527 g/mol. The molecule has 0 spiro atoms. The van der Waals surface area contributed by atoms with Gasteiger partial charge in [0.25, 0.3) is 0 Å². The molecule has 4 aromatic carbocycles. The van der Waals surface area contributed by atoms with Gasteiger partial charge >= 0.3 is 0 Å². The average Bonchev–Trinajstić information content (AvgIpc) is 2.86. The summed E-state index contributed by atoms with van der Waals surface area (Å²) in [6.07, 6.45) is 0. The molecule has 0 saturated carbocycles. The van der Waals surface area contributed by atoms with E-state index in [2.05, 4.69) is 0 Å². The van der Waals surface area contributed by atoms with Crippen molar-refractivity contribution in [3.63, 3.8) is 0 Å². The second-order valence-corrected chi connectivity index (χ2v) is 8.54. The highest BCUT2D eigenvalue weighted by Gasteiger charge is 2.14. The van der Waals surface area contributed by atoms with E-state index >= 15 is 0 Å². The van der Waals surface area contributed by atoms with Crippen LogP contribution in [0.4, 0.5) is 22.7 Å². The van der Waals surface area contributed by atoms with Gasteiger partial charge in [-0.3, -0.25) is 0 Å². The second-order valence-electron chi connectivity index (χ2n) is 7.73. The topological polar surface area (TPSA) is 132 Å². The summed E-state index contributed by atoms with van der Waals surface area (Å²) < 4.78 is 15.6. The highest BCUT2D eigenvalue weighted by Crippen LogP contribution is 2.41. The van der Waals surface area contributed by atoms with Gasteiger partial charge in [-0.05, 0) is 59.7 Å². The molecule has 0 aliphatic carbocycles. The van der Waals surface area contributed by atoms with Crippen LogP contribution in [0.3, 0.4) is 0 Å². The smallest absolute Gasteiger partial charge is 0.142 e. The molecular formula is C27H28Cl2N4O3. The summed E-state index contributed by atoms with van der Waals surface area (Å²) in [5.74, 6) is 1.74. The monoisotopic (exact) mass is 526 g/mol. The standard InChI is InChI=1S/C14H14Cl2N2O2.C13H14N2O/c1-19-13-3-7(9(15)5-11(13)17)8-4-14(20-2)12(18)6-10(8)16;1-16-13-8-10(4-7-12(13)15)9-2-5-11(14)6-3-9/h3-6H,17-18H2,1-2H3;2-8H,14-15H2,1H3. The van der Waals surface area contributed by atoms with Crippen molar-refractivity contribution in [2.24, 2.45) is 0 Å². The summed E-state index contributed by atoms with van der Waals surface area (Å²) in [5.41, 5.74) is 28.9. The van der Waals surface area contributed by atoms with Gasteiger partial charge in [0.1, 0.15) is 17.2 Å². The van der Waals surface area contributed by atoms with Crippen molar-refractivity contribution in [2.45, 2.75) is 0 Å². The van der Waals surface area contributed by atoms with Gasteiger partial charge in [-0.1, -0.05) is 41.4 Å². The van der Waals surface area contributed by atoms with Crippen LogP contribution < -0.4 is 37.1 Å². The van der Waals surface area contributed by atoms with E-state index in [4.69, 9.17) is 60.3 Å². The van der Waals surface area contributed by atoms with Gasteiger partial charge < -0.3 is 37.1 Å². The van der Waals surface area contributed by atoms with E-state index in [-0.39, 0.29) is 0 Å². The minimum absolute atomic E-state index is 0.458. The van der Waals surface area contributed by atoms with Crippen molar-refractivity contribution in [3.05, 3.63) is 76.8 Å². The Labute approximate surface area is 220 Å². The number of methoxy groups -OCH3 is 3. The maximum Gasteiger partial charge on any atom is 0.142 e. The van der Waals surface area contributed by atoms with E-state index in [9.17, 15) is 0 Å². The summed E-state index contributed by atoms with van der Waals surface area (Å²) in [6.45, 7) is 0. The Morgan fingerprint density at radius 2 is 0.917 bits per heavy atom. The molecule has 188 valence electrons. The summed E-state index contributed by atoms with van der Waals surface area (Å²) in [4.78, 5) is 0. The van der Waals surface area contributed by atoms with Crippen LogP contribution in [-0.2, 0) is 0 Å². The third-order valence-corrected chi connectivity index (χ3v) is 6.03. The van der Waals surface area contributed by atoms with E-state index in [1.54, 1.807) is 31.4 Å². The zero-order valence-electron chi connectivity index (χ0n) is 20.1. The highest BCUT2D eigenvalue weighted by atomic mass is 35.5. The van der Waals surface area contributed by atoms with Crippen LogP contribution in [-0.4, -0.2) is 21.3 Å². The molecule has 0 saturated heterocycles. The van der Waals surface area contributed by atoms with Crippen LogP contribution in [0.5, 0.6) is 17.2 Å². The first-order chi connectivity index (χ1) is 17.2. The quantitative estimate of drug-likeness (QED) is 0.222. The first kappa shape index (κ1) is 26.7. The molecule has 0 radical (unpaired) electrons. The summed E-state index contributed by atoms with van der Waals surface area (Å²) in [6, 6.07) is 20.1. The fraction of sp³-hybridized carbons (Fsp3) is 0.111. The molecule has 9 heteroatoms. The normalized spacial score (nSPS) is 10.2. The molecule has 0 aliphatic heterocycles. The summed E-state index contributed by atoms with van der Waals surface area (Å²) >= 11 is 12.5. The van der Waals surface area contributed by atoms with Crippen LogP contribution >= 0.6 is 23.2 Å². The molecule has 0 aliphatic rings. The van der Waals surface area contributed by atoms with Crippen molar-refractivity contribution in [1.82, 2.24) is 0 Å². The van der Waals surface area contributed by atoms with Crippen LogP contribution in [0.1, 0.15) is 0 Å². The fourth-order valence-electron chi connectivity index (χ4n) is 3.47. The van der Waals surface area contributed by atoms with Gasteiger partial charge in [0.2, 0.25) is 0 Å². The van der Waals surface area contributed by atoms with E-state index in [0.717, 1.165) is 16.8 Å². The first-order valence-corrected chi connectivity index (χ1v) is 11.5. The number of benzene rings is 4. The number of ether oxygens (including phenoxy) is 3. The van der Waals surface area contributed by atoms with E-state index < -0.39 is 0 Å². The number of anilines is 4. The Morgan fingerprint density at radius 3 is 1.36 bits per heavy atom. The Morgan fingerprint density at radius 1 is 0.500 bits per heavy atom. The van der Waals surface area contributed by atoms with Gasteiger partial charge in [0.15, 0.2) is 0 Å². The summed E-state index contributed by atoms with van der Waals surface area (Å²) in [5, 5.41) is 0.939. The lowest BCUT2D eigenvalue weighted by atomic mass is 10.0. The third-order valence-electron chi connectivity index (χ3n) is 5.41. The van der Waals surface area contributed by atoms with Gasteiger partial charge in [0, 0.05) is 16.8 Å². The predicted octanol–water partition coefficient (Wildman–Crippen LogP) is 6.37. The fourth-order valence-corrected chi connectivity index (χ4v) is 4.02. The molecule has 0 heterocycles. The predicted molar refractivity (Wildman–Crippen MR) is 151 cm³/mol. The maximum absolute atomic E-state index is 6.23. The van der Waals surface area contributed by atoms with Gasteiger partial charge in [-0.15, -0.1) is 0 Å². The Bertz CT molecular complexity index is 1300. The minimum atomic E-state index is 0.458. The molecule has 7 nitrogen and oxygen atoms in total. The van der Waals surface area contributed by atoms with E-state index in [0.29, 0.717) is 55.5 Å². The maximum atomic E-state index is 6.23. The number of rotatable bonds is 5. The van der Waals surface area contributed by atoms with Crippen LogP contribution in [0.2, 0.25) is 10.0 Å². The molecule has 0 fully saturated rings. The molecule has 0 atom stereocenters. The van der Waals surface area contributed by atoms with Crippen molar-refractivity contribution < 1.29 is 14.2 Å². The summed E-state index contributed by atoms with van der Waals surface area (Å²) in [7, 11) is 4.68. The van der Waals surface area contributed by atoms with Gasteiger partial charge in [0.05, 0.1) is 48.4 Å². The first-order valence-electron chi connectivity index (χ1n) is 10.7. The Hall–Kier alpha value is -3.94.